The molecule has 0 spiro atoms. The van der Waals surface area contributed by atoms with Gasteiger partial charge in [-0.15, -0.1) is 0 Å². The van der Waals surface area contributed by atoms with E-state index in [9.17, 15) is 4.79 Å². The number of ether oxygens (including phenoxy) is 3. The molecule has 0 bridgehead atoms. The topological polar surface area (TPSA) is 48.0 Å². The van der Waals surface area contributed by atoms with Gasteiger partial charge in [-0.3, -0.25) is 0 Å². The van der Waals surface area contributed by atoms with Crippen molar-refractivity contribution in [3.8, 4) is 11.5 Å². The molecule has 5 nitrogen and oxygen atoms in total. The number of likely N-dealkylation sites (tertiary alicyclic amines) is 1. The van der Waals surface area contributed by atoms with Crippen LogP contribution in [0.15, 0.2) is 53.0 Å². The molecule has 0 atom stereocenters. The van der Waals surface area contributed by atoms with Crippen molar-refractivity contribution in [2.24, 2.45) is 0 Å². The molecule has 0 radical (unpaired) electrons. The standard InChI is InChI=1S/C21H24BrNO4/c1-21(2,3)27-20(24)23-12-18(13-23)25-14-15-9-10-17(11-19(15)22)26-16-7-5-4-6-8-16/h4-11,18H,12-14H2,1-3H3. The molecule has 2 aromatic carbocycles. The first-order chi connectivity index (χ1) is 12.8. The Bertz CT molecular complexity index is 783. The van der Waals surface area contributed by atoms with Crippen molar-refractivity contribution in [3.05, 3.63) is 58.6 Å². The van der Waals surface area contributed by atoms with Gasteiger partial charge in [0.2, 0.25) is 0 Å². The number of para-hydroxylation sites is 1. The van der Waals surface area contributed by atoms with Crippen LogP contribution in [0.4, 0.5) is 4.79 Å². The highest BCUT2D eigenvalue weighted by Gasteiger charge is 2.34. The van der Waals surface area contributed by atoms with Crippen molar-refractivity contribution in [3.63, 3.8) is 0 Å². The summed E-state index contributed by atoms with van der Waals surface area (Å²) in [5.41, 5.74) is 0.559. The summed E-state index contributed by atoms with van der Waals surface area (Å²) in [5.74, 6) is 1.56. The molecule has 1 fully saturated rings. The number of rotatable bonds is 5. The molecule has 27 heavy (non-hydrogen) atoms. The summed E-state index contributed by atoms with van der Waals surface area (Å²) in [7, 11) is 0. The summed E-state index contributed by atoms with van der Waals surface area (Å²) in [6, 6.07) is 15.5. The van der Waals surface area contributed by atoms with Crippen molar-refractivity contribution in [2.75, 3.05) is 13.1 Å². The van der Waals surface area contributed by atoms with Gasteiger partial charge in [-0.2, -0.15) is 0 Å². The van der Waals surface area contributed by atoms with E-state index < -0.39 is 5.60 Å². The van der Waals surface area contributed by atoms with Crippen LogP contribution in [0.3, 0.4) is 0 Å². The molecule has 1 heterocycles. The van der Waals surface area contributed by atoms with Crippen LogP contribution in [0.1, 0.15) is 26.3 Å². The second kappa shape index (κ2) is 8.31. The minimum Gasteiger partial charge on any atom is -0.457 e. The van der Waals surface area contributed by atoms with Gasteiger partial charge in [0.1, 0.15) is 17.1 Å². The predicted molar refractivity (Wildman–Crippen MR) is 107 cm³/mol. The number of nitrogens with zero attached hydrogens (tertiary/aromatic N) is 1. The number of carbonyl (C=O) groups excluding carboxylic acids is 1. The zero-order valence-corrected chi connectivity index (χ0v) is 17.4. The van der Waals surface area contributed by atoms with Gasteiger partial charge in [0.15, 0.2) is 0 Å². The summed E-state index contributed by atoms with van der Waals surface area (Å²) in [4.78, 5) is 13.6. The minimum absolute atomic E-state index is 0.0321. The van der Waals surface area contributed by atoms with Crippen LogP contribution < -0.4 is 4.74 Å². The van der Waals surface area contributed by atoms with Crippen molar-refractivity contribution in [1.82, 2.24) is 4.90 Å². The molecule has 0 aliphatic carbocycles. The van der Waals surface area contributed by atoms with Crippen LogP contribution in [0, 0.1) is 0 Å². The Hall–Kier alpha value is -2.05. The molecule has 2 aromatic rings. The number of carbonyl (C=O) groups is 1. The van der Waals surface area contributed by atoms with E-state index in [-0.39, 0.29) is 12.2 Å². The second-order valence-electron chi connectivity index (χ2n) is 7.49. The van der Waals surface area contributed by atoms with E-state index in [0.717, 1.165) is 21.5 Å². The molecule has 0 saturated carbocycles. The van der Waals surface area contributed by atoms with E-state index in [2.05, 4.69) is 15.9 Å². The Morgan fingerprint density at radius 3 is 2.44 bits per heavy atom. The van der Waals surface area contributed by atoms with E-state index in [1.165, 1.54) is 0 Å². The van der Waals surface area contributed by atoms with Gasteiger partial charge >= 0.3 is 6.09 Å². The number of benzene rings is 2. The smallest absolute Gasteiger partial charge is 0.410 e. The third kappa shape index (κ3) is 5.71. The molecule has 0 unspecified atom stereocenters. The lowest BCUT2D eigenvalue weighted by molar-refractivity contribution is -0.0692. The molecular formula is C21H24BrNO4. The Balaban J connectivity index is 1.46. The van der Waals surface area contributed by atoms with Gasteiger partial charge < -0.3 is 19.1 Å². The first-order valence-electron chi connectivity index (χ1n) is 8.91. The van der Waals surface area contributed by atoms with Crippen LogP contribution in [0.25, 0.3) is 0 Å². The second-order valence-corrected chi connectivity index (χ2v) is 8.34. The minimum atomic E-state index is -0.475. The fourth-order valence-electron chi connectivity index (χ4n) is 2.56. The van der Waals surface area contributed by atoms with Crippen LogP contribution in [-0.2, 0) is 16.1 Å². The van der Waals surface area contributed by atoms with Gasteiger partial charge in [0.25, 0.3) is 0 Å². The maximum atomic E-state index is 11.9. The normalized spacial score (nSPS) is 14.6. The fourth-order valence-corrected chi connectivity index (χ4v) is 3.03. The first-order valence-corrected chi connectivity index (χ1v) is 9.70. The predicted octanol–water partition coefficient (Wildman–Crippen LogP) is 5.38. The highest BCUT2D eigenvalue weighted by atomic mass is 79.9. The lowest BCUT2D eigenvalue weighted by atomic mass is 10.1. The highest BCUT2D eigenvalue weighted by molar-refractivity contribution is 9.10. The SMILES string of the molecule is CC(C)(C)OC(=O)N1CC(OCc2ccc(Oc3ccccc3)cc2Br)C1. The van der Waals surface area contributed by atoms with Gasteiger partial charge in [-0.25, -0.2) is 4.79 Å². The molecule has 144 valence electrons. The molecule has 1 aliphatic heterocycles. The van der Waals surface area contributed by atoms with Crippen molar-refractivity contribution in [2.45, 2.75) is 39.1 Å². The summed E-state index contributed by atoms with van der Waals surface area (Å²) in [6.45, 7) is 7.17. The molecule has 0 N–H and O–H groups in total. The Kier molecular flexibility index (Phi) is 6.07. The van der Waals surface area contributed by atoms with Gasteiger partial charge in [0.05, 0.1) is 25.8 Å². The zero-order valence-electron chi connectivity index (χ0n) is 15.8. The zero-order chi connectivity index (χ0) is 19.4. The largest absolute Gasteiger partial charge is 0.457 e. The van der Waals surface area contributed by atoms with Crippen molar-refractivity contribution < 1.29 is 19.0 Å². The summed E-state index contributed by atoms with van der Waals surface area (Å²) < 4.78 is 18.0. The van der Waals surface area contributed by atoms with Crippen LogP contribution in [0.5, 0.6) is 11.5 Å². The molecule has 6 heteroatoms. The average Bonchev–Trinajstić information content (AvgIpc) is 2.54. The monoisotopic (exact) mass is 433 g/mol. The molecule has 0 aromatic heterocycles. The lowest BCUT2D eigenvalue weighted by Gasteiger charge is -2.39. The summed E-state index contributed by atoms with van der Waals surface area (Å²) in [6.07, 6.45) is -0.254. The van der Waals surface area contributed by atoms with Gasteiger partial charge in [-0.05, 0) is 50.6 Å². The average molecular weight is 434 g/mol. The number of hydrogen-bond acceptors (Lipinski definition) is 4. The summed E-state index contributed by atoms with van der Waals surface area (Å²) >= 11 is 3.57. The van der Waals surface area contributed by atoms with E-state index >= 15 is 0 Å². The van der Waals surface area contributed by atoms with Crippen LogP contribution in [-0.4, -0.2) is 35.8 Å². The maximum absolute atomic E-state index is 11.9. The Morgan fingerprint density at radius 2 is 1.81 bits per heavy atom. The van der Waals surface area contributed by atoms with Crippen molar-refractivity contribution >= 4 is 22.0 Å². The number of hydrogen-bond donors (Lipinski definition) is 0. The third-order valence-corrected chi connectivity index (χ3v) is 4.72. The molecule has 1 aliphatic rings. The Labute approximate surface area is 168 Å². The molecular weight excluding hydrogens is 410 g/mol. The quantitative estimate of drug-likeness (QED) is 0.634. The van der Waals surface area contributed by atoms with Crippen molar-refractivity contribution in [1.29, 1.82) is 0 Å². The molecule has 1 amide bonds. The van der Waals surface area contributed by atoms with Gasteiger partial charge in [0, 0.05) is 4.47 Å². The maximum Gasteiger partial charge on any atom is 0.410 e. The summed E-state index contributed by atoms with van der Waals surface area (Å²) in [5, 5.41) is 0. The van der Waals surface area contributed by atoms with Crippen LogP contribution >= 0.6 is 15.9 Å². The first kappa shape index (κ1) is 19.7. The fraction of sp³-hybridized carbons (Fsp3) is 0.381. The molecule has 1 saturated heterocycles. The van der Waals surface area contributed by atoms with Gasteiger partial charge in [-0.1, -0.05) is 40.2 Å². The van der Waals surface area contributed by atoms with E-state index in [4.69, 9.17) is 14.2 Å². The highest BCUT2D eigenvalue weighted by Crippen LogP contribution is 2.28. The Morgan fingerprint density at radius 1 is 1.11 bits per heavy atom. The van der Waals surface area contributed by atoms with E-state index in [0.29, 0.717) is 19.7 Å². The van der Waals surface area contributed by atoms with E-state index in [1.807, 2.05) is 69.3 Å². The van der Waals surface area contributed by atoms with Crippen LogP contribution in [0.2, 0.25) is 0 Å². The van der Waals surface area contributed by atoms with E-state index in [1.54, 1.807) is 4.90 Å². The third-order valence-electron chi connectivity index (χ3n) is 3.98. The number of halogens is 1. The number of amides is 1. The molecule has 3 rings (SSSR count). The lowest BCUT2D eigenvalue weighted by Crippen LogP contribution is -2.55.